The molecule has 1 fully saturated rings. The van der Waals surface area contributed by atoms with Crippen molar-refractivity contribution in [3.63, 3.8) is 0 Å². The maximum Gasteiger partial charge on any atom is 0.387 e. The largest absolute Gasteiger partial charge is 0.435 e. The zero-order chi connectivity index (χ0) is 14.5. The van der Waals surface area contributed by atoms with Crippen molar-refractivity contribution in [3.8, 4) is 5.75 Å². The molecule has 1 aliphatic heterocycles. The van der Waals surface area contributed by atoms with Gasteiger partial charge in [-0.1, -0.05) is 18.6 Å². The number of ether oxygens (including phenoxy) is 1. The summed E-state index contributed by atoms with van der Waals surface area (Å²) in [5.41, 5.74) is 7.14. The first-order valence-corrected chi connectivity index (χ1v) is 7.09. The van der Waals surface area contributed by atoms with Gasteiger partial charge in [-0.3, -0.25) is 4.90 Å². The molecule has 21 heavy (non-hydrogen) atoms. The van der Waals surface area contributed by atoms with Gasteiger partial charge in [0, 0.05) is 18.6 Å². The molecule has 0 aliphatic carbocycles. The number of halogens is 3. The van der Waals surface area contributed by atoms with Crippen molar-refractivity contribution >= 4 is 12.4 Å². The molecule has 1 aromatic carbocycles. The zero-order valence-electron chi connectivity index (χ0n) is 12.2. The summed E-state index contributed by atoms with van der Waals surface area (Å²) in [7, 11) is 0. The standard InChI is InChI=1S/C15H22F2N2O.ClH/c1-11(18)14-4-2-3-9-19(14)10-12-5-7-13(8-6-12)20-15(16)17;/h5-8,11,14-15H,2-4,9-10,18H2,1H3;1H. The lowest BCUT2D eigenvalue weighted by Gasteiger charge is -2.38. The molecule has 0 bridgehead atoms. The lowest BCUT2D eigenvalue weighted by Crippen LogP contribution is -2.48. The van der Waals surface area contributed by atoms with Gasteiger partial charge in [-0.2, -0.15) is 8.78 Å². The van der Waals surface area contributed by atoms with Crippen molar-refractivity contribution in [1.82, 2.24) is 4.90 Å². The summed E-state index contributed by atoms with van der Waals surface area (Å²) in [4.78, 5) is 2.39. The summed E-state index contributed by atoms with van der Waals surface area (Å²) in [5.74, 6) is 0.200. The lowest BCUT2D eigenvalue weighted by atomic mass is 9.96. The van der Waals surface area contributed by atoms with Crippen LogP contribution in [0.5, 0.6) is 5.75 Å². The van der Waals surface area contributed by atoms with Gasteiger partial charge in [0.1, 0.15) is 5.75 Å². The normalized spacial score (nSPS) is 20.9. The second kappa shape index (κ2) is 8.51. The monoisotopic (exact) mass is 320 g/mol. The van der Waals surface area contributed by atoms with Crippen LogP contribution in [0.15, 0.2) is 24.3 Å². The molecule has 0 radical (unpaired) electrons. The topological polar surface area (TPSA) is 38.5 Å². The van der Waals surface area contributed by atoms with Gasteiger partial charge >= 0.3 is 6.61 Å². The summed E-state index contributed by atoms with van der Waals surface area (Å²) >= 11 is 0. The van der Waals surface area contributed by atoms with Crippen molar-refractivity contribution in [2.45, 2.75) is 51.4 Å². The Balaban J connectivity index is 0.00000220. The first-order valence-electron chi connectivity index (χ1n) is 7.09. The number of alkyl halides is 2. The first kappa shape index (κ1) is 18.1. The molecule has 0 aromatic heterocycles. The van der Waals surface area contributed by atoms with Crippen LogP contribution in [0.25, 0.3) is 0 Å². The number of piperidine rings is 1. The Bertz CT molecular complexity index is 415. The van der Waals surface area contributed by atoms with E-state index in [2.05, 4.69) is 9.64 Å². The Morgan fingerprint density at radius 1 is 1.29 bits per heavy atom. The zero-order valence-corrected chi connectivity index (χ0v) is 13.0. The highest BCUT2D eigenvalue weighted by molar-refractivity contribution is 5.85. The Labute approximate surface area is 130 Å². The van der Waals surface area contributed by atoms with E-state index in [0.29, 0.717) is 6.04 Å². The van der Waals surface area contributed by atoms with Crippen molar-refractivity contribution in [2.75, 3.05) is 6.54 Å². The van der Waals surface area contributed by atoms with Crippen LogP contribution >= 0.6 is 12.4 Å². The van der Waals surface area contributed by atoms with Crippen molar-refractivity contribution in [2.24, 2.45) is 5.73 Å². The highest BCUT2D eigenvalue weighted by Gasteiger charge is 2.25. The van der Waals surface area contributed by atoms with Gasteiger partial charge in [0.2, 0.25) is 0 Å². The van der Waals surface area contributed by atoms with E-state index in [1.165, 1.54) is 12.8 Å². The average molecular weight is 321 g/mol. The SMILES string of the molecule is CC(N)C1CCCCN1Cc1ccc(OC(F)F)cc1.Cl. The number of rotatable bonds is 5. The van der Waals surface area contributed by atoms with Gasteiger partial charge in [0.05, 0.1) is 0 Å². The molecule has 2 N–H and O–H groups in total. The van der Waals surface area contributed by atoms with Crippen LogP contribution in [-0.2, 0) is 6.54 Å². The highest BCUT2D eigenvalue weighted by Crippen LogP contribution is 2.22. The molecule has 1 aliphatic rings. The molecular formula is C15H23ClF2N2O. The summed E-state index contributed by atoms with van der Waals surface area (Å²) in [5, 5.41) is 0. The minimum Gasteiger partial charge on any atom is -0.435 e. The van der Waals surface area contributed by atoms with Crippen molar-refractivity contribution in [1.29, 1.82) is 0 Å². The molecule has 3 nitrogen and oxygen atoms in total. The number of hydrogen-bond acceptors (Lipinski definition) is 3. The smallest absolute Gasteiger partial charge is 0.387 e. The third-order valence-electron chi connectivity index (χ3n) is 3.81. The van der Waals surface area contributed by atoms with Crippen LogP contribution in [0.1, 0.15) is 31.7 Å². The van der Waals surface area contributed by atoms with Gasteiger partial charge in [-0.05, 0) is 44.0 Å². The minimum atomic E-state index is -2.77. The fourth-order valence-electron chi connectivity index (χ4n) is 2.82. The van der Waals surface area contributed by atoms with Crippen LogP contribution in [0.3, 0.4) is 0 Å². The van der Waals surface area contributed by atoms with Crippen LogP contribution in [-0.4, -0.2) is 30.1 Å². The fraction of sp³-hybridized carbons (Fsp3) is 0.600. The summed E-state index contributed by atoms with van der Waals surface area (Å²) in [6.45, 7) is 1.12. The molecule has 6 heteroatoms. The quantitative estimate of drug-likeness (QED) is 0.903. The molecular weight excluding hydrogens is 298 g/mol. The van der Waals surface area contributed by atoms with Crippen LogP contribution in [0, 0.1) is 0 Å². The van der Waals surface area contributed by atoms with E-state index < -0.39 is 6.61 Å². The van der Waals surface area contributed by atoms with E-state index in [4.69, 9.17) is 5.73 Å². The first-order chi connectivity index (χ1) is 9.56. The molecule has 0 amide bonds. The maximum absolute atomic E-state index is 12.1. The third-order valence-corrected chi connectivity index (χ3v) is 3.81. The van der Waals surface area contributed by atoms with Gasteiger partial charge in [-0.25, -0.2) is 0 Å². The molecule has 0 saturated carbocycles. The predicted molar refractivity (Wildman–Crippen MR) is 82.0 cm³/mol. The van der Waals surface area contributed by atoms with Crippen LogP contribution in [0.4, 0.5) is 8.78 Å². The Hall–Kier alpha value is -0.910. The van der Waals surface area contributed by atoms with E-state index in [1.807, 2.05) is 19.1 Å². The molecule has 2 unspecified atom stereocenters. The van der Waals surface area contributed by atoms with Gasteiger partial charge in [0.25, 0.3) is 0 Å². The van der Waals surface area contributed by atoms with Gasteiger partial charge in [-0.15, -0.1) is 12.4 Å². The lowest BCUT2D eigenvalue weighted by molar-refractivity contribution is -0.0498. The molecule has 2 rings (SSSR count). The van der Waals surface area contributed by atoms with Gasteiger partial charge in [0.15, 0.2) is 0 Å². The Morgan fingerprint density at radius 3 is 2.52 bits per heavy atom. The molecule has 1 heterocycles. The molecule has 1 aromatic rings. The van der Waals surface area contributed by atoms with Crippen molar-refractivity contribution in [3.05, 3.63) is 29.8 Å². The number of hydrogen-bond donors (Lipinski definition) is 1. The second-order valence-electron chi connectivity index (χ2n) is 5.42. The highest BCUT2D eigenvalue weighted by atomic mass is 35.5. The molecule has 120 valence electrons. The second-order valence-corrected chi connectivity index (χ2v) is 5.42. The third kappa shape index (κ3) is 5.41. The number of nitrogens with two attached hydrogens (primary N) is 1. The number of benzene rings is 1. The summed E-state index contributed by atoms with van der Waals surface area (Å²) in [6, 6.07) is 7.41. The van der Waals surface area contributed by atoms with E-state index in [-0.39, 0.29) is 24.2 Å². The van der Waals surface area contributed by atoms with Crippen molar-refractivity contribution < 1.29 is 13.5 Å². The summed E-state index contributed by atoms with van der Waals surface area (Å²) < 4.78 is 28.5. The summed E-state index contributed by atoms with van der Waals surface area (Å²) in [6.07, 6.45) is 3.55. The fourth-order valence-corrected chi connectivity index (χ4v) is 2.82. The van der Waals surface area contributed by atoms with E-state index >= 15 is 0 Å². The number of likely N-dealkylation sites (tertiary alicyclic amines) is 1. The Kier molecular flexibility index (Phi) is 7.35. The Morgan fingerprint density at radius 2 is 1.95 bits per heavy atom. The molecule has 1 saturated heterocycles. The average Bonchev–Trinajstić information content (AvgIpc) is 2.41. The molecule has 2 atom stereocenters. The number of nitrogens with zero attached hydrogens (tertiary/aromatic N) is 1. The van der Waals surface area contributed by atoms with E-state index in [9.17, 15) is 8.78 Å². The predicted octanol–water partition coefficient (Wildman–Crippen LogP) is 3.41. The van der Waals surface area contributed by atoms with Crippen LogP contribution in [0.2, 0.25) is 0 Å². The minimum absolute atomic E-state index is 0. The molecule has 0 spiro atoms. The van der Waals surface area contributed by atoms with Gasteiger partial charge < -0.3 is 10.5 Å². The van der Waals surface area contributed by atoms with Crippen LogP contribution < -0.4 is 10.5 Å². The van der Waals surface area contributed by atoms with E-state index in [1.54, 1.807) is 12.1 Å². The maximum atomic E-state index is 12.1. The van der Waals surface area contributed by atoms with E-state index in [0.717, 1.165) is 25.1 Å².